The zero-order valence-corrected chi connectivity index (χ0v) is 18.2. The molecule has 174 valence electrons. The monoisotopic (exact) mass is 446 g/mol. The number of unbranched alkanes of at least 4 members (excludes halogenated alkanes) is 3. The van der Waals surface area contributed by atoms with E-state index in [-0.39, 0.29) is 35.2 Å². The van der Waals surface area contributed by atoms with Crippen LogP contribution in [0.3, 0.4) is 0 Å². The summed E-state index contributed by atoms with van der Waals surface area (Å²) in [6.45, 7) is 3.92. The lowest BCUT2D eigenvalue weighted by molar-refractivity contribution is -0.160. The number of phenolic OH excluding ortho intramolecular Hbond substituents is 5. The summed E-state index contributed by atoms with van der Waals surface area (Å²) in [7, 11) is 0. The Morgan fingerprint density at radius 1 is 1.03 bits per heavy atom. The minimum Gasteiger partial charge on any atom is -0.508 e. The van der Waals surface area contributed by atoms with Crippen molar-refractivity contribution in [3.63, 3.8) is 0 Å². The van der Waals surface area contributed by atoms with E-state index in [2.05, 4.69) is 6.92 Å². The summed E-state index contributed by atoms with van der Waals surface area (Å²) < 4.78 is 11.7. The Hall–Kier alpha value is -3.29. The Balaban J connectivity index is 1.87. The van der Waals surface area contributed by atoms with Crippen LogP contribution >= 0.6 is 0 Å². The first-order chi connectivity index (χ1) is 15.2. The Labute approximate surface area is 186 Å². The SMILES string of the molecule is CCCCCCC(C)C(=O)O[C@@H]1Cc2c(O)cc(O)cc2O[C@@H]1c1cc(O)c(O)c(O)c1. The van der Waals surface area contributed by atoms with E-state index in [1.54, 1.807) is 6.92 Å². The highest BCUT2D eigenvalue weighted by molar-refractivity contribution is 5.72. The van der Waals surface area contributed by atoms with Gasteiger partial charge in [-0.1, -0.05) is 39.5 Å². The second-order valence-electron chi connectivity index (χ2n) is 8.32. The number of ether oxygens (including phenoxy) is 2. The molecule has 3 atom stereocenters. The van der Waals surface area contributed by atoms with E-state index in [1.165, 1.54) is 24.3 Å². The Kier molecular flexibility index (Phi) is 7.22. The maximum Gasteiger partial charge on any atom is 0.309 e. The summed E-state index contributed by atoms with van der Waals surface area (Å²) in [5.41, 5.74) is 0.638. The van der Waals surface area contributed by atoms with Crippen molar-refractivity contribution in [3.8, 4) is 34.5 Å². The number of hydrogen-bond donors (Lipinski definition) is 5. The first kappa shape index (κ1) is 23.4. The van der Waals surface area contributed by atoms with Crippen molar-refractivity contribution in [2.45, 2.75) is 64.6 Å². The Morgan fingerprint density at radius 2 is 1.72 bits per heavy atom. The smallest absolute Gasteiger partial charge is 0.309 e. The molecule has 0 saturated heterocycles. The number of fused-ring (bicyclic) bond motifs is 1. The van der Waals surface area contributed by atoms with Gasteiger partial charge in [-0.25, -0.2) is 0 Å². The number of carbonyl (C=O) groups is 1. The summed E-state index contributed by atoms with van der Waals surface area (Å²) in [5.74, 6) is -2.71. The van der Waals surface area contributed by atoms with E-state index in [0.29, 0.717) is 12.0 Å². The van der Waals surface area contributed by atoms with E-state index < -0.39 is 35.4 Å². The van der Waals surface area contributed by atoms with E-state index in [1.807, 2.05) is 0 Å². The standard InChI is InChI=1S/C24H30O8/c1-3-4-5-6-7-13(2)24(30)32-21-12-16-17(26)10-15(25)11-20(16)31-23(21)14-8-18(27)22(29)19(28)9-14/h8-11,13,21,23,25-29H,3-7,12H2,1-2H3/t13?,21-,23-/m1/s1. The fraction of sp³-hybridized carbons (Fsp3) is 0.458. The van der Waals surface area contributed by atoms with Crippen LogP contribution < -0.4 is 4.74 Å². The van der Waals surface area contributed by atoms with Crippen LogP contribution in [-0.2, 0) is 16.0 Å². The van der Waals surface area contributed by atoms with E-state index >= 15 is 0 Å². The number of aromatic hydroxyl groups is 5. The van der Waals surface area contributed by atoms with Gasteiger partial charge in [0, 0.05) is 29.7 Å². The molecule has 2 aromatic rings. The highest BCUT2D eigenvalue weighted by Gasteiger charge is 2.37. The molecule has 8 heteroatoms. The fourth-order valence-corrected chi connectivity index (χ4v) is 3.88. The molecule has 0 amide bonds. The average molecular weight is 446 g/mol. The maximum atomic E-state index is 12.8. The largest absolute Gasteiger partial charge is 0.508 e. The zero-order chi connectivity index (χ0) is 23.4. The van der Waals surface area contributed by atoms with Gasteiger partial charge in [0.1, 0.15) is 23.4 Å². The van der Waals surface area contributed by atoms with Gasteiger partial charge in [-0.2, -0.15) is 0 Å². The van der Waals surface area contributed by atoms with E-state index in [9.17, 15) is 30.3 Å². The third-order valence-electron chi connectivity index (χ3n) is 5.75. The first-order valence-electron chi connectivity index (χ1n) is 10.9. The van der Waals surface area contributed by atoms with Crippen molar-refractivity contribution in [1.82, 2.24) is 0 Å². The van der Waals surface area contributed by atoms with Crippen molar-refractivity contribution in [2.24, 2.45) is 5.92 Å². The summed E-state index contributed by atoms with van der Waals surface area (Å²) >= 11 is 0. The number of esters is 1. The Morgan fingerprint density at radius 3 is 2.38 bits per heavy atom. The Bertz CT molecular complexity index is 948. The number of rotatable bonds is 8. The maximum absolute atomic E-state index is 12.8. The molecule has 1 heterocycles. The minimum absolute atomic E-state index is 0.100. The van der Waals surface area contributed by atoms with Gasteiger partial charge in [0.2, 0.25) is 0 Å². The summed E-state index contributed by atoms with van der Waals surface area (Å²) in [6, 6.07) is 4.93. The number of carbonyl (C=O) groups excluding carboxylic acids is 1. The quantitative estimate of drug-likeness (QED) is 0.228. The molecular weight excluding hydrogens is 416 g/mol. The third kappa shape index (κ3) is 5.12. The molecule has 1 unspecified atom stereocenters. The van der Waals surface area contributed by atoms with Crippen molar-refractivity contribution in [2.75, 3.05) is 0 Å². The van der Waals surface area contributed by atoms with Crippen LogP contribution in [0.2, 0.25) is 0 Å². The minimum atomic E-state index is -0.947. The van der Waals surface area contributed by atoms with Crippen LogP contribution in [0.4, 0.5) is 0 Å². The van der Waals surface area contributed by atoms with E-state index in [4.69, 9.17) is 9.47 Å². The van der Waals surface area contributed by atoms with Gasteiger partial charge in [-0.05, 0) is 18.6 Å². The van der Waals surface area contributed by atoms with Crippen molar-refractivity contribution in [3.05, 3.63) is 35.4 Å². The number of phenols is 5. The molecule has 8 nitrogen and oxygen atoms in total. The highest BCUT2D eigenvalue weighted by Crippen LogP contribution is 2.45. The molecule has 5 N–H and O–H groups in total. The lowest BCUT2D eigenvalue weighted by Crippen LogP contribution is -2.36. The van der Waals surface area contributed by atoms with Crippen LogP contribution in [0.25, 0.3) is 0 Å². The van der Waals surface area contributed by atoms with Crippen molar-refractivity contribution < 1.29 is 39.8 Å². The van der Waals surface area contributed by atoms with E-state index in [0.717, 1.165) is 25.7 Å². The second-order valence-corrected chi connectivity index (χ2v) is 8.32. The van der Waals surface area contributed by atoms with Gasteiger partial charge in [-0.15, -0.1) is 0 Å². The summed E-state index contributed by atoms with van der Waals surface area (Å²) in [4.78, 5) is 12.8. The lowest BCUT2D eigenvalue weighted by Gasteiger charge is -2.34. The summed E-state index contributed by atoms with van der Waals surface area (Å²) in [5, 5.41) is 49.6. The highest BCUT2D eigenvalue weighted by atomic mass is 16.6. The molecular formula is C24H30O8. The van der Waals surface area contributed by atoms with Crippen LogP contribution in [0.1, 0.15) is 63.2 Å². The van der Waals surface area contributed by atoms with Gasteiger partial charge in [-0.3, -0.25) is 4.79 Å². The topological polar surface area (TPSA) is 137 Å². The number of benzene rings is 2. The van der Waals surface area contributed by atoms with Crippen molar-refractivity contribution >= 4 is 5.97 Å². The van der Waals surface area contributed by atoms with Crippen molar-refractivity contribution in [1.29, 1.82) is 0 Å². The molecule has 1 aliphatic heterocycles. The molecule has 0 saturated carbocycles. The van der Waals surface area contributed by atoms with Gasteiger partial charge in [0.15, 0.2) is 23.4 Å². The van der Waals surface area contributed by atoms with Gasteiger partial charge in [0.05, 0.1) is 5.92 Å². The van der Waals surface area contributed by atoms with Crippen LogP contribution in [0, 0.1) is 5.92 Å². The molecule has 2 aromatic carbocycles. The second kappa shape index (κ2) is 9.89. The predicted molar refractivity (Wildman–Crippen MR) is 116 cm³/mol. The number of hydrogen-bond acceptors (Lipinski definition) is 8. The lowest BCUT2D eigenvalue weighted by atomic mass is 9.93. The predicted octanol–water partition coefficient (Wildman–Crippen LogP) is 4.41. The van der Waals surface area contributed by atoms with Gasteiger partial charge >= 0.3 is 5.97 Å². The summed E-state index contributed by atoms with van der Waals surface area (Å²) in [6.07, 6.45) is 3.14. The molecule has 3 rings (SSSR count). The molecule has 0 bridgehead atoms. The average Bonchev–Trinajstić information content (AvgIpc) is 2.74. The molecule has 0 aromatic heterocycles. The van der Waals surface area contributed by atoms with Gasteiger partial charge < -0.3 is 35.0 Å². The molecule has 0 fully saturated rings. The third-order valence-corrected chi connectivity index (χ3v) is 5.75. The fourth-order valence-electron chi connectivity index (χ4n) is 3.88. The van der Waals surface area contributed by atoms with Crippen LogP contribution in [-0.4, -0.2) is 37.6 Å². The van der Waals surface area contributed by atoms with Gasteiger partial charge in [0.25, 0.3) is 0 Å². The zero-order valence-electron chi connectivity index (χ0n) is 18.2. The van der Waals surface area contributed by atoms with Crippen LogP contribution in [0.5, 0.6) is 34.5 Å². The molecule has 0 radical (unpaired) electrons. The molecule has 0 aliphatic carbocycles. The molecule has 1 aliphatic rings. The molecule has 0 spiro atoms. The van der Waals surface area contributed by atoms with Crippen LogP contribution in [0.15, 0.2) is 24.3 Å². The first-order valence-corrected chi connectivity index (χ1v) is 10.9. The normalized spacial score (nSPS) is 18.4. The molecule has 32 heavy (non-hydrogen) atoms.